The molecule has 0 heterocycles. The van der Waals surface area contributed by atoms with Crippen molar-refractivity contribution in [3.63, 3.8) is 0 Å². The quantitative estimate of drug-likeness (QED) is 0.365. The molecule has 0 aromatic carbocycles. The van der Waals surface area contributed by atoms with Crippen LogP contribution in [0.15, 0.2) is 12.7 Å². The Hall–Kier alpha value is 0.180. The molecule has 2 heteroatoms. The van der Waals surface area contributed by atoms with Crippen molar-refractivity contribution in [1.29, 1.82) is 0 Å². The third-order valence-electron chi connectivity index (χ3n) is 1.42. The highest BCUT2D eigenvalue weighted by Crippen LogP contribution is 2.07. The molecule has 1 unspecified atom stereocenters. The van der Waals surface area contributed by atoms with Crippen LogP contribution in [0.3, 0.4) is 0 Å². The molecular weight excluding hydrogens is 204 g/mol. The Morgan fingerprint density at radius 3 is 2.82 bits per heavy atom. The van der Waals surface area contributed by atoms with E-state index in [0.717, 1.165) is 31.4 Å². The largest absolute Gasteiger partial charge is 0.381 e. The van der Waals surface area contributed by atoms with Gasteiger partial charge in [-0.15, -0.1) is 6.58 Å². The van der Waals surface area contributed by atoms with Crippen molar-refractivity contribution in [2.45, 2.75) is 19.8 Å². The third kappa shape index (κ3) is 6.57. The van der Waals surface area contributed by atoms with Crippen LogP contribution in [-0.2, 0) is 4.74 Å². The van der Waals surface area contributed by atoms with Crippen molar-refractivity contribution >= 4 is 15.9 Å². The van der Waals surface area contributed by atoms with Crippen molar-refractivity contribution in [3.8, 4) is 0 Å². The second-order valence-electron chi connectivity index (χ2n) is 2.62. The molecule has 0 saturated heterocycles. The van der Waals surface area contributed by atoms with Gasteiger partial charge < -0.3 is 4.74 Å². The lowest BCUT2D eigenvalue weighted by molar-refractivity contribution is 0.108. The number of allylic oxidation sites excluding steroid dienone is 1. The highest BCUT2D eigenvalue weighted by Gasteiger charge is 2.03. The van der Waals surface area contributed by atoms with Crippen molar-refractivity contribution in [2.24, 2.45) is 5.92 Å². The number of alkyl halides is 1. The molecule has 0 saturated carbocycles. The summed E-state index contributed by atoms with van der Waals surface area (Å²) in [4.78, 5) is 0. The summed E-state index contributed by atoms with van der Waals surface area (Å²) in [6, 6.07) is 0. The molecule has 0 N–H and O–H groups in total. The predicted octanol–water partition coefficient (Wildman–Crippen LogP) is 3.00. The molecule has 0 aliphatic rings. The molecular formula is C9H17BrO. The van der Waals surface area contributed by atoms with Crippen molar-refractivity contribution in [2.75, 3.05) is 18.5 Å². The summed E-state index contributed by atoms with van der Waals surface area (Å²) in [6.45, 7) is 7.55. The Morgan fingerprint density at radius 1 is 1.64 bits per heavy atom. The van der Waals surface area contributed by atoms with E-state index in [0.29, 0.717) is 5.92 Å². The maximum Gasteiger partial charge on any atom is 0.0505 e. The predicted molar refractivity (Wildman–Crippen MR) is 53.2 cm³/mol. The van der Waals surface area contributed by atoms with E-state index in [2.05, 4.69) is 29.4 Å². The maximum atomic E-state index is 5.41. The van der Waals surface area contributed by atoms with E-state index in [1.807, 2.05) is 6.08 Å². The lowest BCUT2D eigenvalue weighted by atomic mass is 10.1. The zero-order chi connectivity index (χ0) is 8.53. The lowest BCUT2D eigenvalue weighted by Gasteiger charge is -2.10. The standard InChI is InChI=1S/C9H17BrO/c1-3-5-9(7-10)8-11-6-4-2/h3,9H,1,4-8H2,2H3. The normalized spacial score (nSPS) is 12.9. The summed E-state index contributed by atoms with van der Waals surface area (Å²) in [5, 5.41) is 1.00. The number of ether oxygens (including phenoxy) is 1. The smallest absolute Gasteiger partial charge is 0.0505 e. The van der Waals surface area contributed by atoms with Crippen LogP contribution >= 0.6 is 15.9 Å². The van der Waals surface area contributed by atoms with Gasteiger partial charge in [0.1, 0.15) is 0 Å². The van der Waals surface area contributed by atoms with Crippen LogP contribution in [0.2, 0.25) is 0 Å². The second kappa shape index (κ2) is 8.28. The topological polar surface area (TPSA) is 9.23 Å². The molecule has 66 valence electrons. The first-order chi connectivity index (χ1) is 5.35. The summed E-state index contributed by atoms with van der Waals surface area (Å²) >= 11 is 3.44. The van der Waals surface area contributed by atoms with Gasteiger partial charge in [-0.25, -0.2) is 0 Å². The van der Waals surface area contributed by atoms with Crippen LogP contribution in [0.5, 0.6) is 0 Å². The number of halogens is 1. The van der Waals surface area contributed by atoms with Crippen molar-refractivity contribution in [3.05, 3.63) is 12.7 Å². The second-order valence-corrected chi connectivity index (χ2v) is 3.27. The molecule has 0 spiro atoms. The molecule has 11 heavy (non-hydrogen) atoms. The molecule has 0 aliphatic heterocycles. The van der Waals surface area contributed by atoms with Gasteiger partial charge in [-0.05, 0) is 18.8 Å². The van der Waals surface area contributed by atoms with Gasteiger partial charge in [-0.1, -0.05) is 28.9 Å². The Bertz CT molecular complexity index is 93.6. The maximum absolute atomic E-state index is 5.41. The number of rotatable bonds is 7. The van der Waals surface area contributed by atoms with Crippen LogP contribution in [0.4, 0.5) is 0 Å². The Morgan fingerprint density at radius 2 is 2.36 bits per heavy atom. The van der Waals surface area contributed by atoms with Crippen LogP contribution in [-0.4, -0.2) is 18.5 Å². The van der Waals surface area contributed by atoms with Gasteiger partial charge in [-0.2, -0.15) is 0 Å². The molecule has 0 amide bonds. The van der Waals surface area contributed by atoms with E-state index in [9.17, 15) is 0 Å². The fraction of sp³-hybridized carbons (Fsp3) is 0.778. The van der Waals surface area contributed by atoms with Gasteiger partial charge in [0.2, 0.25) is 0 Å². The highest BCUT2D eigenvalue weighted by molar-refractivity contribution is 9.09. The number of hydrogen-bond acceptors (Lipinski definition) is 1. The van der Waals surface area contributed by atoms with Crippen molar-refractivity contribution < 1.29 is 4.74 Å². The Kier molecular flexibility index (Phi) is 8.41. The van der Waals surface area contributed by atoms with Crippen LogP contribution < -0.4 is 0 Å². The zero-order valence-corrected chi connectivity index (χ0v) is 8.77. The van der Waals surface area contributed by atoms with Crippen molar-refractivity contribution in [1.82, 2.24) is 0 Å². The average molecular weight is 221 g/mol. The van der Waals surface area contributed by atoms with E-state index in [1.54, 1.807) is 0 Å². The molecule has 1 nitrogen and oxygen atoms in total. The first kappa shape index (κ1) is 11.2. The summed E-state index contributed by atoms with van der Waals surface area (Å²) in [6.07, 6.45) is 4.08. The Balaban J connectivity index is 3.27. The molecule has 0 radical (unpaired) electrons. The first-order valence-corrected chi connectivity index (χ1v) is 5.21. The van der Waals surface area contributed by atoms with Gasteiger partial charge >= 0.3 is 0 Å². The summed E-state index contributed by atoms with van der Waals surface area (Å²) in [5.74, 6) is 0.596. The van der Waals surface area contributed by atoms with Crippen LogP contribution in [0.1, 0.15) is 19.8 Å². The zero-order valence-electron chi connectivity index (χ0n) is 7.18. The fourth-order valence-corrected chi connectivity index (χ4v) is 1.26. The van der Waals surface area contributed by atoms with E-state index >= 15 is 0 Å². The summed E-state index contributed by atoms with van der Waals surface area (Å²) in [7, 11) is 0. The summed E-state index contributed by atoms with van der Waals surface area (Å²) in [5.41, 5.74) is 0. The van der Waals surface area contributed by atoms with E-state index in [4.69, 9.17) is 4.74 Å². The van der Waals surface area contributed by atoms with E-state index in [1.165, 1.54) is 0 Å². The Labute approximate surface area is 78.0 Å². The van der Waals surface area contributed by atoms with Gasteiger partial charge in [0.05, 0.1) is 6.61 Å². The molecule has 1 atom stereocenters. The lowest BCUT2D eigenvalue weighted by Crippen LogP contribution is -2.10. The number of hydrogen-bond donors (Lipinski definition) is 0. The minimum atomic E-state index is 0.596. The highest BCUT2D eigenvalue weighted by atomic mass is 79.9. The minimum Gasteiger partial charge on any atom is -0.381 e. The first-order valence-electron chi connectivity index (χ1n) is 4.09. The average Bonchev–Trinajstić information content (AvgIpc) is 2.03. The molecule has 0 bridgehead atoms. The van der Waals surface area contributed by atoms with E-state index in [-0.39, 0.29) is 0 Å². The molecule has 0 aliphatic carbocycles. The van der Waals surface area contributed by atoms with Gasteiger partial charge in [0.15, 0.2) is 0 Å². The van der Waals surface area contributed by atoms with Crippen LogP contribution in [0, 0.1) is 5.92 Å². The third-order valence-corrected chi connectivity index (χ3v) is 2.34. The van der Waals surface area contributed by atoms with Gasteiger partial charge in [0.25, 0.3) is 0 Å². The minimum absolute atomic E-state index is 0.596. The van der Waals surface area contributed by atoms with Crippen LogP contribution in [0.25, 0.3) is 0 Å². The molecule has 0 aromatic heterocycles. The van der Waals surface area contributed by atoms with Gasteiger partial charge in [0, 0.05) is 11.9 Å². The molecule has 0 aromatic rings. The molecule has 0 rings (SSSR count). The monoisotopic (exact) mass is 220 g/mol. The van der Waals surface area contributed by atoms with E-state index < -0.39 is 0 Å². The summed E-state index contributed by atoms with van der Waals surface area (Å²) < 4.78 is 5.41. The SMILES string of the molecule is C=CCC(CBr)COCCC. The van der Waals surface area contributed by atoms with Gasteiger partial charge in [-0.3, -0.25) is 0 Å². The molecule has 0 fully saturated rings. The fourth-order valence-electron chi connectivity index (χ4n) is 0.806.